The van der Waals surface area contributed by atoms with Gasteiger partial charge in [0.15, 0.2) is 0 Å². The highest BCUT2D eigenvalue weighted by Gasteiger charge is 2.34. The molecule has 0 aliphatic carbocycles. The normalized spacial score (nSPS) is 17.1. The van der Waals surface area contributed by atoms with Crippen molar-refractivity contribution in [2.45, 2.75) is 19.0 Å². The number of carboxylic acid groups (broad SMARTS) is 2. The van der Waals surface area contributed by atoms with Gasteiger partial charge >= 0.3 is 11.9 Å². The maximum atomic E-state index is 12.2. The minimum Gasteiger partial charge on any atom is -0.481 e. The van der Waals surface area contributed by atoms with Crippen LogP contribution in [0.4, 0.5) is 0 Å². The highest BCUT2D eigenvalue weighted by molar-refractivity contribution is 8.00. The molecule has 1 aliphatic rings. The Labute approximate surface area is 125 Å². The van der Waals surface area contributed by atoms with E-state index < -0.39 is 18.0 Å². The van der Waals surface area contributed by atoms with E-state index in [-0.39, 0.29) is 30.4 Å². The van der Waals surface area contributed by atoms with E-state index in [0.717, 1.165) is 22.9 Å². The molecule has 1 aromatic carbocycles. The average Bonchev–Trinajstić information content (AvgIpc) is 2.45. The fourth-order valence-electron chi connectivity index (χ4n) is 2.31. The molecule has 1 aromatic rings. The molecule has 2 rings (SSSR count). The van der Waals surface area contributed by atoms with Crippen LogP contribution in [-0.2, 0) is 27.3 Å². The first-order valence-corrected chi connectivity index (χ1v) is 7.53. The number of carboxylic acids is 2. The SMILES string of the molecule is O=C(O)CSCC(=O)N1Cc2ccccc2CC1C(=O)O. The highest BCUT2D eigenvalue weighted by atomic mass is 32.2. The molecule has 2 N–H and O–H groups in total. The molecule has 0 saturated heterocycles. The highest BCUT2D eigenvalue weighted by Crippen LogP contribution is 2.24. The maximum Gasteiger partial charge on any atom is 0.326 e. The molecule has 1 atom stereocenters. The first-order chi connectivity index (χ1) is 9.99. The third-order valence-corrected chi connectivity index (χ3v) is 4.21. The van der Waals surface area contributed by atoms with Crippen LogP contribution in [0.5, 0.6) is 0 Å². The topological polar surface area (TPSA) is 94.9 Å². The van der Waals surface area contributed by atoms with Crippen LogP contribution < -0.4 is 0 Å². The summed E-state index contributed by atoms with van der Waals surface area (Å²) in [6.07, 6.45) is 0.279. The fraction of sp³-hybridized carbons (Fsp3) is 0.357. The van der Waals surface area contributed by atoms with E-state index in [1.54, 1.807) is 0 Å². The molecule has 21 heavy (non-hydrogen) atoms. The molecule has 7 heteroatoms. The smallest absolute Gasteiger partial charge is 0.326 e. The Morgan fingerprint density at radius 2 is 1.81 bits per heavy atom. The lowest BCUT2D eigenvalue weighted by molar-refractivity contribution is -0.150. The number of rotatable bonds is 5. The average molecular weight is 309 g/mol. The first kappa shape index (κ1) is 15.4. The van der Waals surface area contributed by atoms with Crippen molar-refractivity contribution >= 4 is 29.6 Å². The molecule has 0 spiro atoms. The molecule has 1 unspecified atom stereocenters. The molecule has 6 nitrogen and oxygen atoms in total. The molecule has 0 radical (unpaired) electrons. The number of fused-ring (bicyclic) bond motifs is 1. The molecule has 0 aromatic heterocycles. The van der Waals surface area contributed by atoms with Gasteiger partial charge in [-0.25, -0.2) is 4.79 Å². The van der Waals surface area contributed by atoms with E-state index in [9.17, 15) is 19.5 Å². The van der Waals surface area contributed by atoms with Gasteiger partial charge in [0.05, 0.1) is 11.5 Å². The summed E-state index contributed by atoms with van der Waals surface area (Å²) in [4.78, 5) is 35.3. The van der Waals surface area contributed by atoms with Crippen molar-refractivity contribution in [3.8, 4) is 0 Å². The first-order valence-electron chi connectivity index (χ1n) is 6.37. The number of carbonyl (C=O) groups excluding carboxylic acids is 1. The Morgan fingerprint density at radius 3 is 2.43 bits per heavy atom. The summed E-state index contributed by atoms with van der Waals surface area (Å²) in [6.45, 7) is 0.250. The van der Waals surface area contributed by atoms with E-state index in [4.69, 9.17) is 5.11 Å². The Balaban J connectivity index is 2.11. The van der Waals surface area contributed by atoms with Gasteiger partial charge in [0.25, 0.3) is 0 Å². The fourth-order valence-corrected chi connectivity index (χ4v) is 2.93. The van der Waals surface area contributed by atoms with Crippen LogP contribution in [0.1, 0.15) is 11.1 Å². The van der Waals surface area contributed by atoms with Crippen LogP contribution in [0, 0.1) is 0 Å². The Hall–Kier alpha value is -2.02. The van der Waals surface area contributed by atoms with Crippen LogP contribution in [0.2, 0.25) is 0 Å². The van der Waals surface area contributed by atoms with Gasteiger partial charge in [-0.15, -0.1) is 11.8 Å². The predicted molar refractivity (Wildman–Crippen MR) is 77.1 cm³/mol. The molecule has 0 saturated carbocycles. The minimum atomic E-state index is -1.04. The number of thioether (sulfide) groups is 1. The lowest BCUT2D eigenvalue weighted by Gasteiger charge is -2.34. The van der Waals surface area contributed by atoms with Crippen LogP contribution >= 0.6 is 11.8 Å². The van der Waals surface area contributed by atoms with Crippen LogP contribution in [-0.4, -0.2) is 50.5 Å². The Kier molecular flexibility index (Phi) is 4.85. The van der Waals surface area contributed by atoms with Crippen molar-refractivity contribution in [3.05, 3.63) is 35.4 Å². The number of hydrogen-bond acceptors (Lipinski definition) is 4. The lowest BCUT2D eigenvalue weighted by atomic mass is 9.94. The van der Waals surface area contributed by atoms with E-state index in [2.05, 4.69) is 0 Å². The van der Waals surface area contributed by atoms with Crippen molar-refractivity contribution in [3.63, 3.8) is 0 Å². The van der Waals surface area contributed by atoms with Gasteiger partial charge in [0.1, 0.15) is 6.04 Å². The van der Waals surface area contributed by atoms with Gasteiger partial charge in [-0.1, -0.05) is 24.3 Å². The standard InChI is InChI=1S/C14H15NO5S/c16-12(7-21-8-13(17)18)15-6-10-4-2-1-3-9(10)5-11(15)14(19)20/h1-4,11H,5-8H2,(H,17,18)(H,19,20). The summed E-state index contributed by atoms with van der Waals surface area (Å²) < 4.78 is 0. The minimum absolute atomic E-state index is 0.0295. The maximum absolute atomic E-state index is 12.2. The van der Waals surface area contributed by atoms with Gasteiger partial charge in [0.2, 0.25) is 5.91 Å². The zero-order valence-electron chi connectivity index (χ0n) is 11.2. The summed E-state index contributed by atoms with van der Waals surface area (Å²) in [5, 5.41) is 17.9. The van der Waals surface area contributed by atoms with E-state index in [0.29, 0.717) is 0 Å². The largest absolute Gasteiger partial charge is 0.481 e. The molecule has 1 heterocycles. The second-order valence-corrected chi connectivity index (χ2v) is 5.72. The van der Waals surface area contributed by atoms with E-state index >= 15 is 0 Å². The molecule has 1 amide bonds. The van der Waals surface area contributed by atoms with Crippen molar-refractivity contribution in [1.29, 1.82) is 0 Å². The number of carbonyl (C=O) groups is 3. The monoisotopic (exact) mass is 309 g/mol. The third-order valence-electron chi connectivity index (χ3n) is 3.31. The number of benzene rings is 1. The lowest BCUT2D eigenvalue weighted by Crippen LogP contribution is -2.49. The molecule has 112 valence electrons. The van der Waals surface area contributed by atoms with Gasteiger partial charge in [-0.05, 0) is 11.1 Å². The van der Waals surface area contributed by atoms with E-state index in [1.807, 2.05) is 24.3 Å². The van der Waals surface area contributed by atoms with E-state index in [1.165, 1.54) is 4.90 Å². The van der Waals surface area contributed by atoms with Gasteiger partial charge in [-0.2, -0.15) is 0 Å². The number of aliphatic carboxylic acids is 2. The van der Waals surface area contributed by atoms with Gasteiger partial charge < -0.3 is 15.1 Å². The zero-order chi connectivity index (χ0) is 15.4. The Bertz CT molecular complexity index is 574. The van der Waals surface area contributed by atoms with Gasteiger partial charge in [-0.3, -0.25) is 9.59 Å². The van der Waals surface area contributed by atoms with Crippen molar-refractivity contribution < 1.29 is 24.6 Å². The second-order valence-electron chi connectivity index (χ2n) is 4.74. The van der Waals surface area contributed by atoms with Crippen LogP contribution in [0.25, 0.3) is 0 Å². The summed E-state index contributed by atoms with van der Waals surface area (Å²) in [7, 11) is 0. The second kappa shape index (κ2) is 6.62. The predicted octanol–water partition coefficient (Wildman–Crippen LogP) is 0.842. The van der Waals surface area contributed by atoms with Crippen LogP contribution in [0.15, 0.2) is 24.3 Å². The summed E-state index contributed by atoms with van der Waals surface area (Å²) >= 11 is 0.974. The number of nitrogens with zero attached hydrogens (tertiary/aromatic N) is 1. The molecule has 1 aliphatic heterocycles. The van der Waals surface area contributed by atoms with Crippen molar-refractivity contribution in [2.24, 2.45) is 0 Å². The quantitative estimate of drug-likeness (QED) is 0.837. The van der Waals surface area contributed by atoms with Gasteiger partial charge in [0, 0.05) is 13.0 Å². The summed E-state index contributed by atoms with van der Waals surface area (Å²) in [5.74, 6) is -2.58. The molecular weight excluding hydrogens is 294 g/mol. The molecule has 0 bridgehead atoms. The zero-order valence-corrected chi connectivity index (χ0v) is 12.0. The third kappa shape index (κ3) is 3.75. The number of hydrogen-bond donors (Lipinski definition) is 2. The van der Waals surface area contributed by atoms with Crippen molar-refractivity contribution in [2.75, 3.05) is 11.5 Å². The number of amides is 1. The molecule has 0 fully saturated rings. The summed E-state index contributed by atoms with van der Waals surface area (Å²) in [6, 6.07) is 6.54. The van der Waals surface area contributed by atoms with Crippen molar-refractivity contribution in [1.82, 2.24) is 4.90 Å². The molecular formula is C14H15NO5S. The summed E-state index contributed by atoms with van der Waals surface area (Å²) in [5.41, 5.74) is 1.87. The Morgan fingerprint density at radius 1 is 1.14 bits per heavy atom. The van der Waals surface area contributed by atoms with Crippen LogP contribution in [0.3, 0.4) is 0 Å².